The summed E-state index contributed by atoms with van der Waals surface area (Å²) in [6, 6.07) is 11.4. The molecule has 0 spiro atoms. The molecule has 0 amide bonds. The van der Waals surface area contributed by atoms with Crippen molar-refractivity contribution in [2.24, 2.45) is 0 Å². The number of rotatable bonds is 2. The SMILES string of the molecule is S=C(Nc1ccccc1)Nc1ccon1. The third-order valence-corrected chi connectivity index (χ3v) is 1.92. The lowest BCUT2D eigenvalue weighted by Gasteiger charge is -2.07. The molecule has 5 heteroatoms. The Kier molecular flexibility index (Phi) is 2.94. The first kappa shape index (κ1) is 9.67. The first-order valence-corrected chi connectivity index (χ1v) is 4.79. The van der Waals surface area contributed by atoms with Crippen molar-refractivity contribution in [1.82, 2.24) is 5.16 Å². The minimum Gasteiger partial charge on any atom is -0.363 e. The fraction of sp³-hybridized carbons (Fsp3) is 0. The molecule has 0 fully saturated rings. The molecule has 0 atom stereocenters. The van der Waals surface area contributed by atoms with Crippen LogP contribution in [0.15, 0.2) is 47.2 Å². The smallest absolute Gasteiger partial charge is 0.176 e. The van der Waals surface area contributed by atoms with E-state index in [9.17, 15) is 0 Å². The second-order valence-electron chi connectivity index (χ2n) is 2.83. The maximum atomic E-state index is 5.08. The molecule has 0 bridgehead atoms. The molecule has 0 aliphatic rings. The van der Waals surface area contributed by atoms with Gasteiger partial charge in [0, 0.05) is 11.8 Å². The Morgan fingerprint density at radius 3 is 2.60 bits per heavy atom. The molecule has 1 aromatic carbocycles. The number of hydrogen-bond donors (Lipinski definition) is 2. The molecule has 76 valence electrons. The molecule has 2 rings (SSSR count). The Bertz CT molecular complexity index is 427. The third-order valence-electron chi connectivity index (χ3n) is 1.71. The fourth-order valence-corrected chi connectivity index (χ4v) is 1.30. The molecule has 2 aromatic rings. The summed E-state index contributed by atoms with van der Waals surface area (Å²) in [7, 11) is 0. The molecule has 2 N–H and O–H groups in total. The van der Waals surface area contributed by atoms with Crippen LogP contribution < -0.4 is 10.6 Å². The fourth-order valence-electron chi connectivity index (χ4n) is 1.08. The second-order valence-corrected chi connectivity index (χ2v) is 3.24. The molecule has 0 unspecified atom stereocenters. The summed E-state index contributed by atoms with van der Waals surface area (Å²) in [5.41, 5.74) is 0.929. The number of nitrogens with one attached hydrogen (secondary N) is 2. The van der Waals surface area contributed by atoms with Gasteiger partial charge in [0.1, 0.15) is 6.26 Å². The van der Waals surface area contributed by atoms with Gasteiger partial charge < -0.3 is 15.2 Å². The summed E-state index contributed by atoms with van der Waals surface area (Å²) < 4.78 is 4.67. The Hall–Kier alpha value is -1.88. The molecule has 1 heterocycles. The number of hydrogen-bond acceptors (Lipinski definition) is 3. The van der Waals surface area contributed by atoms with Crippen molar-refractivity contribution >= 4 is 28.8 Å². The lowest BCUT2D eigenvalue weighted by Crippen LogP contribution is -2.19. The standard InChI is InChI=1S/C10H9N3OS/c15-10(12-9-6-7-14-13-9)11-8-4-2-1-3-5-8/h1-7H,(H2,11,12,13,15). The van der Waals surface area contributed by atoms with Crippen LogP contribution in [-0.2, 0) is 0 Å². The van der Waals surface area contributed by atoms with Crippen LogP contribution >= 0.6 is 12.2 Å². The molecule has 0 saturated heterocycles. The maximum Gasteiger partial charge on any atom is 0.176 e. The van der Waals surface area contributed by atoms with E-state index in [1.54, 1.807) is 6.07 Å². The summed E-state index contributed by atoms with van der Waals surface area (Å²) >= 11 is 5.08. The van der Waals surface area contributed by atoms with Crippen LogP contribution in [0.25, 0.3) is 0 Å². The highest BCUT2D eigenvalue weighted by Gasteiger charge is 1.99. The average Bonchev–Trinajstić information content (AvgIpc) is 2.71. The van der Waals surface area contributed by atoms with Crippen LogP contribution in [0.1, 0.15) is 0 Å². The van der Waals surface area contributed by atoms with E-state index in [2.05, 4.69) is 20.3 Å². The van der Waals surface area contributed by atoms with Crippen molar-refractivity contribution in [2.75, 3.05) is 10.6 Å². The van der Waals surface area contributed by atoms with Crippen molar-refractivity contribution in [1.29, 1.82) is 0 Å². The average molecular weight is 219 g/mol. The molecule has 4 nitrogen and oxygen atoms in total. The third kappa shape index (κ3) is 2.78. The van der Waals surface area contributed by atoms with E-state index in [0.717, 1.165) is 5.69 Å². The van der Waals surface area contributed by atoms with Gasteiger partial charge in [0.05, 0.1) is 0 Å². The Labute approximate surface area is 92.3 Å². The van der Waals surface area contributed by atoms with Gasteiger partial charge in [-0.25, -0.2) is 0 Å². The Balaban J connectivity index is 1.94. The largest absolute Gasteiger partial charge is 0.363 e. The van der Waals surface area contributed by atoms with Crippen molar-refractivity contribution in [2.45, 2.75) is 0 Å². The van der Waals surface area contributed by atoms with E-state index in [0.29, 0.717) is 10.9 Å². The predicted molar refractivity (Wildman–Crippen MR) is 62.8 cm³/mol. The van der Waals surface area contributed by atoms with Crippen molar-refractivity contribution in [3.05, 3.63) is 42.7 Å². The lowest BCUT2D eigenvalue weighted by atomic mass is 10.3. The van der Waals surface area contributed by atoms with Crippen LogP contribution in [0, 0.1) is 0 Å². The van der Waals surface area contributed by atoms with E-state index in [1.165, 1.54) is 6.26 Å². The van der Waals surface area contributed by atoms with Crippen molar-refractivity contribution in [3.63, 3.8) is 0 Å². The topological polar surface area (TPSA) is 50.1 Å². The van der Waals surface area contributed by atoms with E-state index < -0.39 is 0 Å². The van der Waals surface area contributed by atoms with Gasteiger partial charge >= 0.3 is 0 Å². The monoisotopic (exact) mass is 219 g/mol. The quantitative estimate of drug-likeness (QED) is 0.760. The highest BCUT2D eigenvalue weighted by atomic mass is 32.1. The highest BCUT2D eigenvalue weighted by Crippen LogP contribution is 2.07. The summed E-state index contributed by atoms with van der Waals surface area (Å²) in [5, 5.41) is 10.1. The van der Waals surface area contributed by atoms with Crippen molar-refractivity contribution in [3.8, 4) is 0 Å². The summed E-state index contributed by atoms with van der Waals surface area (Å²) in [6.45, 7) is 0. The van der Waals surface area contributed by atoms with Gasteiger partial charge in [-0.2, -0.15) is 0 Å². The van der Waals surface area contributed by atoms with E-state index in [-0.39, 0.29) is 0 Å². The summed E-state index contributed by atoms with van der Waals surface area (Å²) in [5.74, 6) is 0.587. The predicted octanol–water partition coefficient (Wildman–Crippen LogP) is 2.48. The van der Waals surface area contributed by atoms with Crippen LogP contribution in [-0.4, -0.2) is 10.3 Å². The van der Waals surface area contributed by atoms with Crippen molar-refractivity contribution < 1.29 is 4.52 Å². The highest BCUT2D eigenvalue weighted by molar-refractivity contribution is 7.80. The minimum absolute atomic E-state index is 0.482. The molecule has 15 heavy (non-hydrogen) atoms. The molecule has 1 aromatic heterocycles. The van der Waals surface area contributed by atoms with Gasteiger partial charge in [-0.15, -0.1) is 0 Å². The molecule has 0 aliphatic carbocycles. The van der Waals surface area contributed by atoms with Gasteiger partial charge in [0.25, 0.3) is 0 Å². The van der Waals surface area contributed by atoms with Crippen LogP contribution in [0.3, 0.4) is 0 Å². The van der Waals surface area contributed by atoms with Gasteiger partial charge in [-0.3, -0.25) is 0 Å². The van der Waals surface area contributed by atoms with Crippen LogP contribution in [0.5, 0.6) is 0 Å². The molecule has 0 saturated carbocycles. The summed E-state index contributed by atoms with van der Waals surface area (Å²) in [6.07, 6.45) is 1.48. The first-order chi connectivity index (χ1) is 7.34. The lowest BCUT2D eigenvalue weighted by molar-refractivity contribution is 0.423. The number of nitrogens with zero attached hydrogens (tertiary/aromatic N) is 1. The van der Waals surface area contributed by atoms with Gasteiger partial charge in [0.15, 0.2) is 10.9 Å². The molecular formula is C10H9N3OS. The van der Waals surface area contributed by atoms with Gasteiger partial charge in [-0.05, 0) is 24.4 Å². The number of thiocarbonyl (C=S) groups is 1. The zero-order chi connectivity index (χ0) is 10.5. The number of anilines is 2. The van der Waals surface area contributed by atoms with E-state index >= 15 is 0 Å². The number of para-hydroxylation sites is 1. The normalized spacial score (nSPS) is 9.60. The summed E-state index contributed by atoms with van der Waals surface area (Å²) in [4.78, 5) is 0. The van der Waals surface area contributed by atoms with E-state index in [4.69, 9.17) is 12.2 Å². The zero-order valence-electron chi connectivity index (χ0n) is 7.81. The van der Waals surface area contributed by atoms with Crippen LogP contribution in [0.4, 0.5) is 11.5 Å². The molecule has 0 radical (unpaired) electrons. The Morgan fingerprint density at radius 1 is 1.13 bits per heavy atom. The van der Waals surface area contributed by atoms with Crippen LogP contribution in [0.2, 0.25) is 0 Å². The molecular weight excluding hydrogens is 210 g/mol. The maximum absolute atomic E-state index is 5.08. The zero-order valence-corrected chi connectivity index (χ0v) is 8.62. The number of aromatic nitrogens is 1. The Morgan fingerprint density at radius 2 is 1.93 bits per heavy atom. The van der Waals surface area contributed by atoms with Gasteiger partial charge in [-0.1, -0.05) is 23.4 Å². The minimum atomic E-state index is 0.482. The van der Waals surface area contributed by atoms with E-state index in [1.807, 2.05) is 30.3 Å². The number of benzene rings is 1. The van der Waals surface area contributed by atoms with Gasteiger partial charge in [0.2, 0.25) is 0 Å². The first-order valence-electron chi connectivity index (χ1n) is 4.38. The second kappa shape index (κ2) is 4.56. The molecule has 0 aliphatic heterocycles.